The van der Waals surface area contributed by atoms with Crippen molar-refractivity contribution in [1.29, 1.82) is 0 Å². The fourth-order valence-electron chi connectivity index (χ4n) is 4.49. The molecule has 168 valence electrons. The lowest BCUT2D eigenvalue weighted by molar-refractivity contribution is -0.123. The van der Waals surface area contributed by atoms with Crippen LogP contribution >= 0.6 is 11.8 Å². The van der Waals surface area contributed by atoms with Gasteiger partial charge in [0.25, 0.3) is 5.91 Å². The van der Waals surface area contributed by atoms with E-state index in [0.717, 1.165) is 16.8 Å². The molecule has 0 aliphatic carbocycles. The van der Waals surface area contributed by atoms with E-state index in [-0.39, 0.29) is 11.9 Å². The fourth-order valence-corrected chi connectivity index (χ4v) is 5.95. The van der Waals surface area contributed by atoms with E-state index in [9.17, 15) is 9.59 Å². The van der Waals surface area contributed by atoms with Gasteiger partial charge in [-0.2, -0.15) is 0 Å². The molecule has 0 radical (unpaired) electrons. The molecule has 7 heteroatoms. The van der Waals surface area contributed by atoms with Crippen LogP contribution in [0.1, 0.15) is 16.7 Å². The molecule has 5 rings (SSSR count). The molecule has 6 nitrogen and oxygen atoms in total. The lowest BCUT2D eigenvalue weighted by atomic mass is 10.1. The maximum Gasteiger partial charge on any atom is 0.323 e. The number of urea groups is 1. The summed E-state index contributed by atoms with van der Waals surface area (Å²) in [6.07, 6.45) is 0. The van der Waals surface area contributed by atoms with Crippen molar-refractivity contribution in [1.82, 2.24) is 4.90 Å². The Morgan fingerprint density at radius 2 is 1.88 bits per heavy atom. The van der Waals surface area contributed by atoms with Crippen LogP contribution in [0.25, 0.3) is 0 Å². The summed E-state index contributed by atoms with van der Waals surface area (Å²) in [5.41, 5.74) is 4.58. The molecule has 2 heterocycles. The first kappa shape index (κ1) is 21.4. The Labute approximate surface area is 197 Å². The van der Waals surface area contributed by atoms with Crippen LogP contribution in [0.2, 0.25) is 0 Å². The quantitative estimate of drug-likeness (QED) is 0.598. The highest BCUT2D eigenvalue weighted by molar-refractivity contribution is 8.01. The third-order valence-electron chi connectivity index (χ3n) is 6.13. The lowest BCUT2D eigenvalue weighted by Gasteiger charge is -2.33. The van der Waals surface area contributed by atoms with Gasteiger partial charge < -0.3 is 15.0 Å². The van der Waals surface area contributed by atoms with Gasteiger partial charge in [-0.15, -0.1) is 11.8 Å². The van der Waals surface area contributed by atoms with E-state index in [1.807, 2.05) is 66.4 Å². The number of para-hydroxylation sites is 1. The molecule has 1 saturated heterocycles. The van der Waals surface area contributed by atoms with E-state index in [0.29, 0.717) is 30.3 Å². The van der Waals surface area contributed by atoms with Crippen LogP contribution in [-0.2, 0) is 16.2 Å². The van der Waals surface area contributed by atoms with Crippen LogP contribution in [0.5, 0.6) is 5.75 Å². The molecule has 3 aromatic rings. The Morgan fingerprint density at radius 3 is 2.67 bits per heavy atom. The zero-order chi connectivity index (χ0) is 23.0. The van der Waals surface area contributed by atoms with Crippen LogP contribution in [0.4, 0.5) is 16.2 Å². The third kappa shape index (κ3) is 3.62. The molecule has 1 atom stereocenters. The number of thioether (sulfide) groups is 1. The SMILES string of the molecule is COc1cccc(NC(=O)N2CCS[C@@]23C(=O)N(Cc2ccc(C)cc2)c2ccccc23)c1. The predicted octanol–water partition coefficient (Wildman–Crippen LogP) is 4.98. The number of nitrogens with one attached hydrogen (secondary N) is 1. The number of hydrogen-bond donors (Lipinski definition) is 1. The molecule has 1 N–H and O–H groups in total. The van der Waals surface area contributed by atoms with Gasteiger partial charge in [-0.05, 0) is 30.7 Å². The summed E-state index contributed by atoms with van der Waals surface area (Å²) < 4.78 is 5.27. The van der Waals surface area contributed by atoms with E-state index in [1.165, 1.54) is 17.3 Å². The summed E-state index contributed by atoms with van der Waals surface area (Å²) >= 11 is 1.52. The average molecular weight is 460 g/mol. The van der Waals surface area contributed by atoms with Gasteiger partial charge in [0.15, 0.2) is 4.87 Å². The Kier molecular flexibility index (Phi) is 5.50. The van der Waals surface area contributed by atoms with Gasteiger partial charge in [0, 0.05) is 29.6 Å². The van der Waals surface area contributed by atoms with Crippen molar-refractivity contribution in [2.24, 2.45) is 0 Å². The van der Waals surface area contributed by atoms with Crippen molar-refractivity contribution in [2.45, 2.75) is 18.3 Å². The molecule has 2 aliphatic rings. The van der Waals surface area contributed by atoms with Crippen molar-refractivity contribution in [3.05, 3.63) is 89.5 Å². The van der Waals surface area contributed by atoms with E-state index < -0.39 is 4.87 Å². The summed E-state index contributed by atoms with van der Waals surface area (Å²) in [7, 11) is 1.59. The monoisotopic (exact) mass is 459 g/mol. The van der Waals surface area contributed by atoms with Gasteiger partial charge in [-0.3, -0.25) is 9.69 Å². The first-order valence-corrected chi connectivity index (χ1v) is 11.8. The molecular weight excluding hydrogens is 434 g/mol. The number of ether oxygens (including phenoxy) is 1. The number of nitrogens with zero attached hydrogens (tertiary/aromatic N) is 2. The van der Waals surface area contributed by atoms with Gasteiger partial charge in [-0.25, -0.2) is 4.79 Å². The van der Waals surface area contributed by atoms with Gasteiger partial charge >= 0.3 is 6.03 Å². The van der Waals surface area contributed by atoms with Gasteiger partial charge in [0.05, 0.1) is 19.3 Å². The second-order valence-corrected chi connectivity index (χ2v) is 9.49. The Morgan fingerprint density at radius 1 is 1.09 bits per heavy atom. The minimum atomic E-state index is -1.07. The summed E-state index contributed by atoms with van der Waals surface area (Å²) in [5, 5.41) is 2.95. The van der Waals surface area contributed by atoms with Gasteiger partial charge in [0.1, 0.15) is 5.75 Å². The number of methoxy groups -OCH3 is 1. The lowest BCUT2D eigenvalue weighted by Crippen LogP contribution is -2.51. The number of aryl methyl sites for hydroxylation is 1. The summed E-state index contributed by atoms with van der Waals surface area (Å²) in [6.45, 7) is 2.99. The number of hydrogen-bond acceptors (Lipinski definition) is 4. The number of carbonyl (C=O) groups excluding carboxylic acids is 2. The van der Waals surface area contributed by atoms with E-state index >= 15 is 0 Å². The standard InChI is InChI=1S/C26H25N3O3S/c1-18-10-12-19(13-11-18)17-28-23-9-4-3-8-22(23)26(24(28)30)29(14-15-33-26)25(31)27-20-6-5-7-21(16-20)32-2/h3-13,16H,14-15,17H2,1-2H3,(H,27,31)/t26-/m0/s1. The van der Waals surface area contributed by atoms with E-state index in [4.69, 9.17) is 4.74 Å². The highest BCUT2D eigenvalue weighted by atomic mass is 32.2. The van der Waals surface area contributed by atoms with Crippen molar-refractivity contribution in [2.75, 3.05) is 29.6 Å². The highest BCUT2D eigenvalue weighted by Crippen LogP contribution is 2.54. The Balaban J connectivity index is 1.48. The molecule has 1 spiro atoms. The van der Waals surface area contributed by atoms with Crippen molar-refractivity contribution < 1.29 is 14.3 Å². The molecular formula is C26H25N3O3S. The van der Waals surface area contributed by atoms with Crippen molar-refractivity contribution in [3.8, 4) is 5.75 Å². The second-order valence-electron chi connectivity index (χ2n) is 8.20. The highest BCUT2D eigenvalue weighted by Gasteiger charge is 2.59. The number of anilines is 2. The molecule has 0 bridgehead atoms. The van der Waals surface area contributed by atoms with Crippen LogP contribution in [-0.4, -0.2) is 36.2 Å². The fraction of sp³-hybridized carbons (Fsp3) is 0.231. The van der Waals surface area contributed by atoms with Crippen LogP contribution in [0, 0.1) is 6.92 Å². The maximum absolute atomic E-state index is 14.0. The summed E-state index contributed by atoms with van der Waals surface area (Å²) in [5.74, 6) is 1.27. The predicted molar refractivity (Wildman–Crippen MR) is 132 cm³/mol. The smallest absolute Gasteiger partial charge is 0.323 e. The van der Waals surface area contributed by atoms with E-state index in [1.54, 1.807) is 18.1 Å². The Bertz CT molecular complexity index is 1210. The molecule has 0 saturated carbocycles. The summed E-state index contributed by atoms with van der Waals surface area (Å²) in [4.78, 5) is 29.8. The minimum absolute atomic E-state index is 0.0763. The molecule has 1 fully saturated rings. The Hall–Kier alpha value is -3.45. The second kappa shape index (κ2) is 8.48. The minimum Gasteiger partial charge on any atom is -0.497 e. The molecule has 33 heavy (non-hydrogen) atoms. The largest absolute Gasteiger partial charge is 0.497 e. The summed E-state index contributed by atoms with van der Waals surface area (Å²) in [6, 6.07) is 22.9. The van der Waals surface area contributed by atoms with Crippen LogP contribution < -0.4 is 15.0 Å². The molecule has 0 unspecified atom stereocenters. The van der Waals surface area contributed by atoms with Crippen LogP contribution in [0.15, 0.2) is 72.8 Å². The van der Waals surface area contributed by atoms with Gasteiger partial charge in [0.2, 0.25) is 0 Å². The third-order valence-corrected chi connectivity index (χ3v) is 7.55. The zero-order valence-electron chi connectivity index (χ0n) is 18.6. The number of fused-ring (bicyclic) bond motifs is 2. The van der Waals surface area contributed by atoms with Gasteiger partial charge in [-0.1, -0.05) is 54.1 Å². The van der Waals surface area contributed by atoms with Crippen molar-refractivity contribution >= 4 is 35.1 Å². The first-order valence-electron chi connectivity index (χ1n) is 10.9. The van der Waals surface area contributed by atoms with E-state index in [2.05, 4.69) is 17.4 Å². The first-order chi connectivity index (χ1) is 16.0. The average Bonchev–Trinajstić information content (AvgIpc) is 3.38. The molecule has 3 aromatic carbocycles. The topological polar surface area (TPSA) is 61.9 Å². The molecule has 3 amide bonds. The number of rotatable bonds is 4. The van der Waals surface area contributed by atoms with Crippen LogP contribution in [0.3, 0.4) is 0 Å². The van der Waals surface area contributed by atoms with Crippen molar-refractivity contribution in [3.63, 3.8) is 0 Å². The maximum atomic E-state index is 14.0. The normalized spacial score (nSPS) is 19.2. The molecule has 0 aromatic heterocycles. The zero-order valence-corrected chi connectivity index (χ0v) is 19.4. The number of benzene rings is 3. The number of amides is 3. The number of carbonyl (C=O) groups is 2. The molecule has 2 aliphatic heterocycles.